The Kier molecular flexibility index (Phi) is 5.26. The maximum atomic E-state index is 12.7. The zero-order valence-electron chi connectivity index (χ0n) is 16.1. The van der Waals surface area contributed by atoms with Gasteiger partial charge in [0.15, 0.2) is 5.78 Å². The van der Waals surface area contributed by atoms with Crippen LogP contribution in [-0.4, -0.2) is 45.8 Å². The van der Waals surface area contributed by atoms with E-state index in [1.807, 2.05) is 18.2 Å². The molecule has 0 radical (unpaired) electrons. The smallest absolute Gasteiger partial charge is 0.269 e. The Morgan fingerprint density at radius 3 is 2.62 bits per heavy atom. The van der Waals surface area contributed by atoms with Crippen LogP contribution in [0.5, 0.6) is 5.75 Å². The van der Waals surface area contributed by atoms with Crippen molar-refractivity contribution in [3.05, 3.63) is 64.0 Å². The van der Waals surface area contributed by atoms with E-state index in [4.69, 9.17) is 4.74 Å². The Hall–Kier alpha value is -3.26. The molecular weight excluding hydrogens is 372 g/mol. The normalized spacial score (nSPS) is 15.5. The summed E-state index contributed by atoms with van der Waals surface area (Å²) in [5.41, 5.74) is 2.40. The topological polar surface area (TPSA) is 101 Å². The van der Waals surface area contributed by atoms with Crippen LogP contribution >= 0.6 is 0 Å². The minimum Gasteiger partial charge on any atom is -0.497 e. The molecule has 3 aromatic rings. The maximum absolute atomic E-state index is 12.7. The quantitative estimate of drug-likeness (QED) is 0.390. The number of hydrogen-bond donors (Lipinski definition) is 1. The van der Waals surface area contributed by atoms with Gasteiger partial charge >= 0.3 is 0 Å². The van der Waals surface area contributed by atoms with Crippen molar-refractivity contribution < 1.29 is 14.5 Å². The number of ketones is 1. The van der Waals surface area contributed by atoms with Crippen LogP contribution < -0.4 is 4.74 Å². The minimum absolute atomic E-state index is 0.000163. The van der Waals surface area contributed by atoms with Crippen LogP contribution in [0.3, 0.4) is 0 Å². The number of non-ortho nitro benzene ring substituents is 1. The van der Waals surface area contributed by atoms with Crippen molar-refractivity contribution in [2.75, 3.05) is 20.2 Å². The second-order valence-corrected chi connectivity index (χ2v) is 7.29. The molecule has 2 heterocycles. The van der Waals surface area contributed by atoms with Gasteiger partial charge in [0.1, 0.15) is 11.6 Å². The number of rotatable bonds is 6. The van der Waals surface area contributed by atoms with Gasteiger partial charge in [0.05, 0.1) is 29.6 Å². The lowest BCUT2D eigenvalue weighted by Gasteiger charge is -2.30. The van der Waals surface area contributed by atoms with E-state index >= 15 is 0 Å². The first-order valence-corrected chi connectivity index (χ1v) is 9.57. The number of carbonyl (C=O) groups excluding carboxylic acids is 1. The van der Waals surface area contributed by atoms with Crippen molar-refractivity contribution >= 4 is 22.5 Å². The molecule has 0 aliphatic carbocycles. The van der Waals surface area contributed by atoms with Crippen LogP contribution in [-0.2, 0) is 6.54 Å². The fourth-order valence-corrected chi connectivity index (χ4v) is 3.79. The molecule has 0 spiro atoms. The van der Waals surface area contributed by atoms with Crippen LogP contribution in [0.15, 0.2) is 42.5 Å². The summed E-state index contributed by atoms with van der Waals surface area (Å²) in [6.07, 6.45) is 1.54. The van der Waals surface area contributed by atoms with Crippen LogP contribution in [0.4, 0.5) is 5.69 Å². The van der Waals surface area contributed by atoms with Gasteiger partial charge < -0.3 is 9.72 Å². The van der Waals surface area contributed by atoms with E-state index in [9.17, 15) is 14.9 Å². The Morgan fingerprint density at radius 1 is 1.24 bits per heavy atom. The third-order valence-electron chi connectivity index (χ3n) is 5.43. The van der Waals surface area contributed by atoms with Gasteiger partial charge in [0.2, 0.25) is 0 Å². The molecule has 0 amide bonds. The molecule has 29 heavy (non-hydrogen) atoms. The Bertz CT molecular complexity index is 1040. The number of nitrogens with one attached hydrogen (secondary N) is 1. The van der Waals surface area contributed by atoms with Gasteiger partial charge in [0.25, 0.3) is 5.69 Å². The number of ether oxygens (including phenoxy) is 1. The number of aromatic amines is 1. The summed E-state index contributed by atoms with van der Waals surface area (Å²) in [5, 5.41) is 10.8. The number of piperidine rings is 1. The zero-order chi connectivity index (χ0) is 20.4. The number of benzene rings is 2. The van der Waals surface area contributed by atoms with Gasteiger partial charge in [-0.2, -0.15) is 0 Å². The molecule has 1 aromatic heterocycles. The first-order chi connectivity index (χ1) is 14.0. The number of nitro groups is 1. The minimum atomic E-state index is -0.457. The number of fused-ring (bicyclic) bond motifs is 1. The van der Waals surface area contributed by atoms with Crippen molar-refractivity contribution in [2.24, 2.45) is 5.92 Å². The molecule has 1 aliphatic rings. The lowest BCUT2D eigenvalue weighted by Crippen LogP contribution is -2.36. The van der Waals surface area contributed by atoms with Crippen LogP contribution in [0.2, 0.25) is 0 Å². The average molecular weight is 394 g/mol. The fourth-order valence-electron chi connectivity index (χ4n) is 3.79. The lowest BCUT2D eigenvalue weighted by atomic mass is 9.89. The van der Waals surface area contributed by atoms with Gasteiger partial charge in [-0.05, 0) is 50.2 Å². The van der Waals surface area contributed by atoms with Crippen molar-refractivity contribution in [3.8, 4) is 5.75 Å². The van der Waals surface area contributed by atoms with E-state index in [0.29, 0.717) is 12.1 Å². The second kappa shape index (κ2) is 8.00. The molecule has 0 bridgehead atoms. The number of methoxy groups -OCH3 is 1. The molecule has 1 N–H and O–H groups in total. The third-order valence-corrected chi connectivity index (χ3v) is 5.43. The first kappa shape index (κ1) is 19.1. The van der Waals surface area contributed by atoms with Crippen LogP contribution in [0.25, 0.3) is 11.0 Å². The molecule has 8 heteroatoms. The van der Waals surface area contributed by atoms with Crippen LogP contribution in [0.1, 0.15) is 29.0 Å². The van der Waals surface area contributed by atoms with E-state index in [1.54, 1.807) is 19.2 Å². The number of imidazole rings is 1. The largest absolute Gasteiger partial charge is 0.497 e. The Morgan fingerprint density at radius 2 is 1.97 bits per heavy atom. The second-order valence-electron chi connectivity index (χ2n) is 7.29. The van der Waals surface area contributed by atoms with E-state index in [1.165, 1.54) is 12.1 Å². The predicted molar refractivity (Wildman–Crippen MR) is 108 cm³/mol. The molecule has 1 fully saturated rings. The molecule has 8 nitrogen and oxygen atoms in total. The van der Waals surface area contributed by atoms with Crippen molar-refractivity contribution in [1.82, 2.24) is 14.9 Å². The third kappa shape index (κ3) is 4.12. The summed E-state index contributed by atoms with van der Waals surface area (Å²) < 4.78 is 5.25. The van der Waals surface area contributed by atoms with E-state index in [2.05, 4.69) is 14.9 Å². The van der Waals surface area contributed by atoms with E-state index in [-0.39, 0.29) is 17.4 Å². The highest BCUT2D eigenvalue weighted by Crippen LogP contribution is 2.25. The molecule has 2 aromatic carbocycles. The number of aromatic nitrogens is 2. The molecular formula is C21H22N4O4. The number of Topliss-reactive ketones (excluding diaryl/α,β-unsaturated/α-hetero) is 1. The molecule has 0 atom stereocenters. The molecule has 150 valence electrons. The van der Waals surface area contributed by atoms with Crippen molar-refractivity contribution in [3.63, 3.8) is 0 Å². The lowest BCUT2D eigenvalue weighted by molar-refractivity contribution is -0.384. The first-order valence-electron chi connectivity index (χ1n) is 9.57. The molecule has 0 unspecified atom stereocenters. The van der Waals surface area contributed by atoms with E-state index in [0.717, 1.165) is 48.5 Å². The van der Waals surface area contributed by atoms with Gasteiger partial charge in [-0.15, -0.1) is 0 Å². The Labute approximate surface area is 167 Å². The monoisotopic (exact) mass is 394 g/mol. The number of nitro benzene ring substituents is 1. The number of hydrogen-bond acceptors (Lipinski definition) is 6. The number of H-pyrrole nitrogens is 1. The van der Waals surface area contributed by atoms with Crippen molar-refractivity contribution in [2.45, 2.75) is 19.4 Å². The summed E-state index contributed by atoms with van der Waals surface area (Å²) in [7, 11) is 1.64. The summed E-state index contributed by atoms with van der Waals surface area (Å²) >= 11 is 0. The standard InChI is InChI=1S/C21H22N4O4/c1-29-17-6-7-18-19(12-17)23-20(22-18)13-24-10-8-15(9-11-24)21(26)14-2-4-16(5-3-14)25(27)28/h2-7,12,15H,8-11,13H2,1H3,(H,22,23). The molecule has 1 aliphatic heterocycles. The summed E-state index contributed by atoms with van der Waals surface area (Å²) in [4.78, 5) is 33.3. The zero-order valence-corrected chi connectivity index (χ0v) is 16.1. The highest BCUT2D eigenvalue weighted by atomic mass is 16.6. The fraction of sp³-hybridized carbons (Fsp3) is 0.333. The Balaban J connectivity index is 1.35. The maximum Gasteiger partial charge on any atom is 0.269 e. The summed E-state index contributed by atoms with van der Waals surface area (Å²) in [5.74, 6) is 1.70. The predicted octanol–water partition coefficient (Wildman–Crippen LogP) is 3.57. The summed E-state index contributed by atoms with van der Waals surface area (Å²) in [6, 6.07) is 11.6. The highest BCUT2D eigenvalue weighted by Gasteiger charge is 2.26. The number of likely N-dealkylation sites (tertiary alicyclic amines) is 1. The summed E-state index contributed by atoms with van der Waals surface area (Å²) in [6.45, 7) is 2.32. The van der Waals surface area contributed by atoms with Gasteiger partial charge in [-0.25, -0.2) is 4.98 Å². The van der Waals surface area contributed by atoms with Gasteiger partial charge in [-0.3, -0.25) is 19.8 Å². The average Bonchev–Trinajstić information content (AvgIpc) is 3.15. The van der Waals surface area contributed by atoms with Crippen molar-refractivity contribution in [1.29, 1.82) is 0 Å². The number of carbonyl (C=O) groups is 1. The SMILES string of the molecule is COc1ccc2nc(CN3CCC(C(=O)c4ccc([N+](=O)[O-])cc4)CC3)[nH]c2c1. The van der Waals surface area contributed by atoms with Crippen LogP contribution in [0, 0.1) is 16.0 Å². The van der Waals surface area contributed by atoms with E-state index < -0.39 is 4.92 Å². The van der Waals surface area contributed by atoms with Gasteiger partial charge in [0, 0.05) is 29.7 Å². The van der Waals surface area contributed by atoms with Gasteiger partial charge in [-0.1, -0.05) is 0 Å². The molecule has 4 rings (SSSR count). The highest BCUT2D eigenvalue weighted by molar-refractivity contribution is 5.98. The molecule has 0 saturated carbocycles. The number of nitrogens with zero attached hydrogens (tertiary/aromatic N) is 3. The molecule has 1 saturated heterocycles.